The molecule has 1 aliphatic heterocycles. The van der Waals surface area contributed by atoms with Gasteiger partial charge in [0, 0.05) is 9.69 Å². The first kappa shape index (κ1) is 18.6. The SMILES string of the molecule is CC(=O)C(CC(=O)O)n1c(O)c(C2=c3cc(Br)ccc3=NC2=O)sc1=S. The van der Waals surface area contributed by atoms with Crippen molar-refractivity contribution in [3.05, 3.63) is 42.1 Å². The molecule has 0 fully saturated rings. The Morgan fingerprint density at radius 3 is 2.73 bits per heavy atom. The molecule has 1 amide bonds. The zero-order valence-electron chi connectivity index (χ0n) is 13.2. The molecule has 2 aromatic rings. The molecule has 1 aromatic heterocycles. The topological polar surface area (TPSA) is 109 Å². The van der Waals surface area contributed by atoms with Gasteiger partial charge in [-0.25, -0.2) is 4.99 Å². The van der Waals surface area contributed by atoms with Crippen LogP contribution in [0.15, 0.2) is 27.7 Å². The zero-order valence-corrected chi connectivity index (χ0v) is 16.4. The number of carboxylic acids is 1. The van der Waals surface area contributed by atoms with Crippen molar-refractivity contribution < 1.29 is 24.6 Å². The number of hydrogen-bond acceptors (Lipinski definition) is 6. The van der Waals surface area contributed by atoms with Crippen molar-refractivity contribution in [3.63, 3.8) is 0 Å². The summed E-state index contributed by atoms with van der Waals surface area (Å²) in [7, 11) is 0. The Bertz CT molecular complexity index is 1150. The number of benzene rings is 1. The van der Waals surface area contributed by atoms with Crippen LogP contribution in [0.3, 0.4) is 0 Å². The Balaban J connectivity index is 2.27. The third-order valence-electron chi connectivity index (χ3n) is 3.86. The van der Waals surface area contributed by atoms with E-state index in [2.05, 4.69) is 20.9 Å². The summed E-state index contributed by atoms with van der Waals surface area (Å²) in [4.78, 5) is 39.4. The van der Waals surface area contributed by atoms with Gasteiger partial charge in [-0.1, -0.05) is 15.9 Å². The minimum atomic E-state index is -1.20. The highest BCUT2D eigenvalue weighted by atomic mass is 79.9. The molecule has 1 atom stereocenters. The van der Waals surface area contributed by atoms with Gasteiger partial charge in [-0.3, -0.25) is 19.0 Å². The Labute approximate surface area is 164 Å². The second-order valence-electron chi connectivity index (χ2n) is 5.57. The van der Waals surface area contributed by atoms with Crippen LogP contribution in [0, 0.1) is 3.95 Å². The average Bonchev–Trinajstić information content (AvgIpc) is 3.00. The number of fused-ring (bicyclic) bond motifs is 1. The van der Waals surface area contributed by atoms with Crippen molar-refractivity contribution in [2.45, 2.75) is 19.4 Å². The van der Waals surface area contributed by atoms with E-state index in [4.69, 9.17) is 17.3 Å². The van der Waals surface area contributed by atoms with Gasteiger partial charge in [-0.2, -0.15) is 0 Å². The number of nitrogens with zero attached hydrogens (tertiary/aromatic N) is 2. The number of thiazole rings is 1. The highest BCUT2D eigenvalue weighted by Crippen LogP contribution is 2.36. The van der Waals surface area contributed by atoms with Crippen molar-refractivity contribution in [1.82, 2.24) is 4.57 Å². The molecule has 134 valence electrons. The number of halogens is 1. The van der Waals surface area contributed by atoms with Gasteiger partial charge < -0.3 is 10.2 Å². The summed E-state index contributed by atoms with van der Waals surface area (Å²) in [5, 5.41) is 20.7. The number of ketones is 1. The molecule has 3 rings (SSSR count). The fourth-order valence-electron chi connectivity index (χ4n) is 2.70. The van der Waals surface area contributed by atoms with Crippen LogP contribution >= 0.6 is 39.5 Å². The van der Waals surface area contributed by atoms with Crippen molar-refractivity contribution in [3.8, 4) is 5.88 Å². The van der Waals surface area contributed by atoms with E-state index < -0.39 is 36.0 Å². The lowest BCUT2D eigenvalue weighted by Gasteiger charge is -2.14. The lowest BCUT2D eigenvalue weighted by atomic mass is 10.1. The first-order valence-corrected chi connectivity index (χ1v) is 9.32. The lowest BCUT2D eigenvalue weighted by Crippen LogP contribution is -2.23. The number of carbonyl (C=O) groups excluding carboxylic acids is 2. The zero-order chi connectivity index (χ0) is 19.2. The molecule has 1 aliphatic rings. The van der Waals surface area contributed by atoms with Gasteiger partial charge in [-0.05, 0) is 37.3 Å². The van der Waals surface area contributed by atoms with Gasteiger partial charge >= 0.3 is 5.97 Å². The largest absolute Gasteiger partial charge is 0.493 e. The Morgan fingerprint density at radius 1 is 1.42 bits per heavy atom. The van der Waals surface area contributed by atoms with Crippen LogP contribution in [0.4, 0.5) is 0 Å². The molecule has 1 unspecified atom stereocenters. The smallest absolute Gasteiger partial charge is 0.305 e. The normalized spacial score (nSPS) is 14.1. The van der Waals surface area contributed by atoms with Crippen LogP contribution in [0.2, 0.25) is 0 Å². The van der Waals surface area contributed by atoms with Gasteiger partial charge in [-0.15, -0.1) is 11.3 Å². The second kappa shape index (κ2) is 6.86. The number of aromatic hydroxyl groups is 1. The number of hydrogen-bond donors (Lipinski definition) is 2. The number of amides is 1. The summed E-state index contributed by atoms with van der Waals surface area (Å²) in [5.41, 5.74) is 0.172. The molecule has 1 aromatic carbocycles. The van der Waals surface area contributed by atoms with Crippen LogP contribution in [0.5, 0.6) is 5.88 Å². The van der Waals surface area contributed by atoms with Crippen molar-refractivity contribution in [2.75, 3.05) is 0 Å². The number of aromatic nitrogens is 1. The van der Waals surface area contributed by atoms with E-state index in [9.17, 15) is 19.5 Å². The highest BCUT2D eigenvalue weighted by Gasteiger charge is 2.30. The summed E-state index contributed by atoms with van der Waals surface area (Å²) >= 11 is 9.48. The molecule has 7 nitrogen and oxygen atoms in total. The number of carbonyl (C=O) groups is 3. The lowest BCUT2D eigenvalue weighted by molar-refractivity contribution is -0.140. The summed E-state index contributed by atoms with van der Waals surface area (Å²) in [6.45, 7) is 1.22. The Hall–Kier alpha value is -2.17. The van der Waals surface area contributed by atoms with Gasteiger partial charge in [0.05, 0.1) is 17.4 Å². The van der Waals surface area contributed by atoms with E-state index in [0.29, 0.717) is 10.6 Å². The number of rotatable bonds is 5. The monoisotopic (exact) mass is 454 g/mol. The van der Waals surface area contributed by atoms with Crippen LogP contribution in [-0.2, 0) is 14.4 Å². The van der Waals surface area contributed by atoms with E-state index in [1.807, 2.05) is 0 Å². The number of carboxylic acid groups (broad SMARTS) is 1. The van der Waals surface area contributed by atoms with E-state index >= 15 is 0 Å². The minimum absolute atomic E-state index is 0.0997. The molecule has 0 saturated heterocycles. The van der Waals surface area contributed by atoms with Crippen LogP contribution in [-0.4, -0.2) is 32.4 Å². The average molecular weight is 455 g/mol. The third-order valence-corrected chi connectivity index (χ3v) is 5.76. The predicted molar refractivity (Wildman–Crippen MR) is 99.2 cm³/mol. The van der Waals surface area contributed by atoms with Gasteiger partial charge in [0.1, 0.15) is 10.9 Å². The molecule has 0 radical (unpaired) electrons. The first-order valence-electron chi connectivity index (χ1n) is 7.30. The van der Waals surface area contributed by atoms with Crippen molar-refractivity contribution in [2.24, 2.45) is 4.99 Å². The Kier molecular flexibility index (Phi) is 4.91. The summed E-state index contributed by atoms with van der Waals surface area (Å²) < 4.78 is 1.92. The highest BCUT2D eigenvalue weighted by molar-refractivity contribution is 9.10. The van der Waals surface area contributed by atoms with Gasteiger partial charge in [0.25, 0.3) is 5.91 Å². The van der Waals surface area contributed by atoms with Gasteiger partial charge in [0.15, 0.2) is 9.74 Å². The minimum Gasteiger partial charge on any atom is -0.493 e. The van der Waals surface area contributed by atoms with E-state index in [-0.39, 0.29) is 14.4 Å². The molecule has 10 heteroatoms. The quantitative estimate of drug-likeness (QED) is 0.665. The van der Waals surface area contributed by atoms with Crippen LogP contribution < -0.4 is 10.6 Å². The van der Waals surface area contributed by atoms with Crippen LogP contribution in [0.1, 0.15) is 24.3 Å². The first-order chi connectivity index (χ1) is 12.2. The molecular weight excluding hydrogens is 444 g/mol. The van der Waals surface area contributed by atoms with Gasteiger partial charge in [0.2, 0.25) is 5.88 Å². The molecule has 0 spiro atoms. The maximum absolute atomic E-state index is 12.4. The second-order valence-corrected chi connectivity index (χ2v) is 8.13. The molecule has 26 heavy (non-hydrogen) atoms. The molecule has 0 saturated carbocycles. The van der Waals surface area contributed by atoms with Crippen molar-refractivity contribution >= 4 is 62.7 Å². The number of aliphatic carboxylic acids is 1. The Morgan fingerprint density at radius 2 is 2.12 bits per heavy atom. The summed E-state index contributed by atoms with van der Waals surface area (Å²) in [6, 6.07) is 3.96. The van der Waals surface area contributed by atoms with Crippen molar-refractivity contribution in [1.29, 1.82) is 0 Å². The van der Waals surface area contributed by atoms with Crippen LogP contribution in [0.25, 0.3) is 5.57 Å². The maximum Gasteiger partial charge on any atom is 0.305 e. The standard InChI is InChI=1S/C16H11BrN2O5S2/c1-6(20)10(5-11(21)22)19-15(24)13(26-16(19)25)12-8-4-7(17)2-3-9(8)18-14(12)23/h2-4,10,24H,5H2,1H3,(H,21,22). The van der Waals surface area contributed by atoms with E-state index in [1.54, 1.807) is 18.2 Å². The number of Topliss-reactive ketones (excluding diaryl/α,β-unsaturated/α-hetero) is 1. The predicted octanol–water partition coefficient (Wildman–Crippen LogP) is 1.71. The van der Waals surface area contributed by atoms with E-state index in [1.165, 1.54) is 6.92 Å². The molecular formula is C16H11BrN2O5S2. The summed E-state index contributed by atoms with van der Waals surface area (Å²) in [5.74, 6) is -2.60. The third kappa shape index (κ3) is 3.15. The molecule has 0 aliphatic carbocycles. The fraction of sp³-hybridized carbons (Fsp3) is 0.188. The maximum atomic E-state index is 12.4. The molecule has 0 bridgehead atoms. The molecule has 2 heterocycles. The summed E-state index contributed by atoms with van der Waals surface area (Å²) in [6.07, 6.45) is -0.525. The fourth-order valence-corrected chi connectivity index (χ4v) is 4.50. The van der Waals surface area contributed by atoms with E-state index in [0.717, 1.165) is 20.4 Å². The molecule has 2 N–H and O–H groups in total.